The van der Waals surface area contributed by atoms with E-state index in [0.29, 0.717) is 73.7 Å². The Kier molecular flexibility index (Phi) is 10.4. The number of benzene rings is 4. The zero-order valence-corrected chi connectivity index (χ0v) is 27.3. The average Bonchev–Trinajstić information content (AvgIpc) is 3.08. The van der Waals surface area contributed by atoms with Crippen LogP contribution in [0.2, 0.25) is 0 Å². The van der Waals surface area contributed by atoms with Gasteiger partial charge in [0.15, 0.2) is 0 Å². The smallest absolute Gasteiger partial charge is 0.284 e. The molecule has 0 aliphatic carbocycles. The van der Waals surface area contributed by atoms with Crippen molar-refractivity contribution in [2.75, 3.05) is 39.4 Å². The van der Waals surface area contributed by atoms with Crippen molar-refractivity contribution in [3.05, 3.63) is 120 Å². The highest BCUT2D eigenvalue weighted by molar-refractivity contribution is 7.90. The van der Waals surface area contributed by atoms with Crippen molar-refractivity contribution in [2.24, 2.45) is 8.80 Å². The third kappa shape index (κ3) is 7.93. The molecule has 1 aliphatic heterocycles. The van der Waals surface area contributed by atoms with Crippen molar-refractivity contribution in [3.8, 4) is 11.5 Å². The van der Waals surface area contributed by atoms with E-state index in [0.717, 1.165) is 0 Å². The number of rotatable bonds is 10. The van der Waals surface area contributed by atoms with Crippen LogP contribution >= 0.6 is 0 Å². The van der Waals surface area contributed by atoms with Crippen molar-refractivity contribution in [1.82, 2.24) is 9.80 Å². The molecule has 1 aliphatic rings. The van der Waals surface area contributed by atoms with Gasteiger partial charge in [-0.15, -0.1) is 8.80 Å². The summed E-state index contributed by atoms with van der Waals surface area (Å²) in [7, 11) is -8.12. The van der Waals surface area contributed by atoms with Crippen LogP contribution in [0, 0.1) is 0 Å². The number of hydrogen-bond donors (Lipinski definition) is 0. The first-order valence-electron chi connectivity index (χ1n) is 15.0. The molecule has 0 spiro atoms. The Morgan fingerprint density at radius 2 is 0.870 bits per heavy atom. The maximum Gasteiger partial charge on any atom is 0.284 e. The number of hydrogen-bond acceptors (Lipinski definition) is 6. The standard InChI is InChI=1S/C34H36N4O6S2/c1-3-43-29-15-19-31(20-16-29)45(39,40)35-33(27-11-7-5-8-12-27)37-23-25-38(26-24-37)34(28-13-9-6-10-14-28)36-46(41,42)32-21-17-30(18-22-32)44-4-2/h5-22H,3-4,23-26H2,1-2H3/b35-33+,36-34+. The van der Waals surface area contributed by atoms with E-state index < -0.39 is 20.0 Å². The third-order valence-electron chi connectivity index (χ3n) is 7.22. The number of amidine groups is 2. The zero-order valence-electron chi connectivity index (χ0n) is 25.7. The normalized spacial score (nSPS) is 14.7. The molecule has 1 fully saturated rings. The Hall–Kier alpha value is -4.68. The second-order valence-corrected chi connectivity index (χ2v) is 13.5. The molecule has 0 amide bonds. The van der Waals surface area contributed by atoms with Crippen molar-refractivity contribution >= 4 is 31.7 Å². The monoisotopic (exact) mass is 660 g/mol. The fraction of sp³-hybridized carbons (Fsp3) is 0.235. The maximum atomic E-state index is 13.5. The summed E-state index contributed by atoms with van der Waals surface area (Å²) in [5, 5.41) is 0. The SMILES string of the molecule is CCOc1ccc(S(=O)(=O)/N=C(\c2ccccc2)N2CCN(/C(=N/S(=O)(=O)c3ccc(OCC)cc3)c3ccccc3)CC2)cc1. The molecule has 0 bridgehead atoms. The quantitative estimate of drug-likeness (QED) is 0.171. The minimum Gasteiger partial charge on any atom is -0.494 e. The molecule has 0 atom stereocenters. The molecule has 4 aromatic carbocycles. The summed E-state index contributed by atoms with van der Waals surface area (Å²) >= 11 is 0. The first-order chi connectivity index (χ1) is 22.2. The van der Waals surface area contributed by atoms with Gasteiger partial charge in [-0.05, 0) is 62.4 Å². The molecular formula is C34H36N4O6S2. The first-order valence-corrected chi connectivity index (χ1v) is 17.8. The summed E-state index contributed by atoms with van der Waals surface area (Å²) in [6, 6.07) is 30.7. The number of sulfonamides is 2. The molecule has 0 radical (unpaired) electrons. The minimum atomic E-state index is -4.06. The van der Waals surface area contributed by atoms with Gasteiger partial charge in [0, 0.05) is 37.3 Å². The van der Waals surface area contributed by atoms with Crippen LogP contribution in [0.15, 0.2) is 128 Å². The predicted octanol–water partition coefficient (Wildman–Crippen LogP) is 5.07. The molecule has 12 heteroatoms. The van der Waals surface area contributed by atoms with Crippen LogP contribution in [-0.2, 0) is 20.0 Å². The van der Waals surface area contributed by atoms with Crippen molar-refractivity contribution in [2.45, 2.75) is 23.6 Å². The highest BCUT2D eigenvalue weighted by atomic mass is 32.2. The Bertz CT molecular complexity index is 1730. The van der Waals surface area contributed by atoms with E-state index >= 15 is 0 Å². The van der Waals surface area contributed by atoms with Crippen LogP contribution in [-0.4, -0.2) is 77.7 Å². The summed E-state index contributed by atoms with van der Waals surface area (Å²) < 4.78 is 73.4. The van der Waals surface area contributed by atoms with E-state index in [1.54, 1.807) is 24.3 Å². The maximum absolute atomic E-state index is 13.5. The Morgan fingerprint density at radius 1 is 0.543 bits per heavy atom. The zero-order chi connectivity index (χ0) is 32.6. The van der Waals surface area contributed by atoms with Gasteiger partial charge in [-0.3, -0.25) is 0 Å². The second kappa shape index (κ2) is 14.6. The third-order valence-corrected chi connectivity index (χ3v) is 9.78. The van der Waals surface area contributed by atoms with Crippen LogP contribution in [0.1, 0.15) is 25.0 Å². The molecule has 0 saturated carbocycles. The van der Waals surface area contributed by atoms with Crippen LogP contribution in [0.3, 0.4) is 0 Å². The van der Waals surface area contributed by atoms with Gasteiger partial charge in [0.1, 0.15) is 23.2 Å². The molecule has 1 heterocycles. The molecule has 1 saturated heterocycles. The van der Waals surface area contributed by atoms with Crippen LogP contribution in [0.4, 0.5) is 0 Å². The van der Waals surface area contributed by atoms with Crippen LogP contribution in [0.25, 0.3) is 0 Å². The second-order valence-electron chi connectivity index (χ2n) is 10.3. The van der Waals surface area contributed by atoms with Gasteiger partial charge < -0.3 is 19.3 Å². The van der Waals surface area contributed by atoms with Crippen molar-refractivity contribution in [3.63, 3.8) is 0 Å². The summed E-state index contributed by atoms with van der Waals surface area (Å²) in [4.78, 5) is 3.92. The summed E-state index contributed by atoms with van der Waals surface area (Å²) in [5.74, 6) is 1.78. The van der Waals surface area contributed by atoms with Gasteiger partial charge in [-0.25, -0.2) is 0 Å². The topological polar surface area (TPSA) is 118 Å². The number of nitrogens with zero attached hydrogens (tertiary/aromatic N) is 4. The Balaban J connectivity index is 1.43. The lowest BCUT2D eigenvalue weighted by atomic mass is 10.1. The lowest BCUT2D eigenvalue weighted by Gasteiger charge is -2.38. The summed E-state index contributed by atoms with van der Waals surface area (Å²) in [6.07, 6.45) is 0. The molecule has 5 rings (SSSR count). The van der Waals surface area contributed by atoms with Gasteiger partial charge in [0.25, 0.3) is 20.0 Å². The fourth-order valence-corrected chi connectivity index (χ4v) is 7.04. The fourth-order valence-electron chi connectivity index (χ4n) is 4.97. The van der Waals surface area contributed by atoms with Gasteiger partial charge in [0.2, 0.25) is 0 Å². The predicted molar refractivity (Wildman–Crippen MR) is 179 cm³/mol. The highest BCUT2D eigenvalue weighted by Gasteiger charge is 2.27. The molecule has 0 N–H and O–H groups in total. The minimum absolute atomic E-state index is 0.0565. The van der Waals surface area contributed by atoms with E-state index in [1.807, 2.05) is 84.3 Å². The van der Waals surface area contributed by atoms with Gasteiger partial charge in [-0.2, -0.15) is 16.8 Å². The number of ether oxygens (including phenoxy) is 2. The molecule has 46 heavy (non-hydrogen) atoms. The molecule has 10 nitrogen and oxygen atoms in total. The van der Waals surface area contributed by atoms with Crippen LogP contribution < -0.4 is 9.47 Å². The number of piperazine rings is 1. The molecule has 4 aromatic rings. The Morgan fingerprint density at radius 3 is 1.17 bits per heavy atom. The highest BCUT2D eigenvalue weighted by Crippen LogP contribution is 2.23. The molecule has 240 valence electrons. The van der Waals surface area contributed by atoms with Gasteiger partial charge in [0.05, 0.1) is 23.0 Å². The van der Waals surface area contributed by atoms with Crippen molar-refractivity contribution in [1.29, 1.82) is 0 Å². The van der Waals surface area contributed by atoms with E-state index in [1.165, 1.54) is 24.3 Å². The van der Waals surface area contributed by atoms with E-state index in [2.05, 4.69) is 8.80 Å². The average molecular weight is 661 g/mol. The first kappa shape index (κ1) is 32.7. The van der Waals surface area contributed by atoms with Crippen molar-refractivity contribution < 1.29 is 26.3 Å². The van der Waals surface area contributed by atoms with Gasteiger partial charge in [-0.1, -0.05) is 60.7 Å². The molecular weight excluding hydrogens is 625 g/mol. The van der Waals surface area contributed by atoms with E-state index in [9.17, 15) is 16.8 Å². The van der Waals surface area contributed by atoms with E-state index in [4.69, 9.17) is 9.47 Å². The van der Waals surface area contributed by atoms with Gasteiger partial charge >= 0.3 is 0 Å². The van der Waals surface area contributed by atoms with E-state index in [-0.39, 0.29) is 9.79 Å². The lowest BCUT2D eigenvalue weighted by molar-refractivity contribution is 0.260. The van der Waals surface area contributed by atoms with Crippen LogP contribution in [0.5, 0.6) is 11.5 Å². The molecule has 0 aromatic heterocycles. The summed E-state index contributed by atoms with van der Waals surface area (Å²) in [6.45, 7) is 6.16. The Labute approximate surface area is 270 Å². The largest absolute Gasteiger partial charge is 0.494 e. The lowest BCUT2D eigenvalue weighted by Crippen LogP contribution is -2.51. The summed E-state index contributed by atoms with van der Waals surface area (Å²) in [5.41, 5.74) is 1.31. The molecule has 0 unspecified atom stereocenters.